The third kappa shape index (κ3) is 1.49. The first kappa shape index (κ1) is 8.01. The van der Waals surface area contributed by atoms with Crippen LogP contribution < -0.4 is 5.73 Å². The van der Waals surface area contributed by atoms with E-state index in [4.69, 9.17) is 17.3 Å². The standard InChI is InChI=1S/C7H8ClN3/c1-3-5-6(8)10-4(2)11-7(5)9/h3H,1H2,2H3,(H2,9,10,11). The number of hydrogen-bond acceptors (Lipinski definition) is 3. The van der Waals surface area contributed by atoms with Gasteiger partial charge in [-0.1, -0.05) is 24.3 Å². The van der Waals surface area contributed by atoms with E-state index in [1.807, 2.05) is 0 Å². The molecule has 0 aliphatic heterocycles. The Hall–Kier alpha value is -1.09. The SMILES string of the molecule is C=Cc1c(N)nc(C)nc1Cl. The second-order valence-electron chi connectivity index (χ2n) is 2.06. The van der Waals surface area contributed by atoms with Crippen molar-refractivity contribution >= 4 is 23.5 Å². The lowest BCUT2D eigenvalue weighted by molar-refractivity contribution is 1.06. The normalized spacial score (nSPS) is 9.64. The summed E-state index contributed by atoms with van der Waals surface area (Å²) in [5.74, 6) is 0.940. The largest absolute Gasteiger partial charge is 0.383 e. The van der Waals surface area contributed by atoms with Crippen molar-refractivity contribution in [3.05, 3.63) is 23.1 Å². The number of nitrogen functional groups attached to an aromatic ring is 1. The molecule has 1 heterocycles. The van der Waals surface area contributed by atoms with Crippen LogP contribution in [0.5, 0.6) is 0 Å². The Balaban J connectivity index is 3.36. The number of nitrogens with zero attached hydrogens (tertiary/aromatic N) is 2. The minimum absolute atomic E-state index is 0.352. The average molecular weight is 170 g/mol. The summed E-state index contributed by atoms with van der Waals surface area (Å²) in [5.41, 5.74) is 6.12. The van der Waals surface area contributed by atoms with E-state index in [0.29, 0.717) is 22.4 Å². The Kier molecular flexibility index (Phi) is 2.10. The summed E-state index contributed by atoms with van der Waals surface area (Å²) in [6, 6.07) is 0. The molecule has 0 amide bonds. The molecule has 0 atom stereocenters. The van der Waals surface area contributed by atoms with Crippen molar-refractivity contribution in [3.8, 4) is 0 Å². The summed E-state index contributed by atoms with van der Waals surface area (Å²) in [6.45, 7) is 5.27. The van der Waals surface area contributed by atoms with E-state index in [2.05, 4.69) is 16.5 Å². The highest BCUT2D eigenvalue weighted by Gasteiger charge is 2.03. The molecule has 1 aromatic heterocycles. The van der Waals surface area contributed by atoms with Crippen LogP contribution in [0.15, 0.2) is 6.58 Å². The van der Waals surface area contributed by atoms with E-state index in [1.54, 1.807) is 6.92 Å². The summed E-state index contributed by atoms with van der Waals surface area (Å²) in [5, 5.41) is 0.352. The molecule has 0 aliphatic carbocycles. The average Bonchev–Trinajstić information content (AvgIpc) is 1.85. The number of aromatic nitrogens is 2. The van der Waals surface area contributed by atoms with Crippen LogP contribution in [0, 0.1) is 6.92 Å². The Morgan fingerprint density at radius 3 is 2.64 bits per heavy atom. The highest BCUT2D eigenvalue weighted by Crippen LogP contribution is 2.18. The Morgan fingerprint density at radius 1 is 1.55 bits per heavy atom. The molecular formula is C7H8ClN3. The van der Waals surface area contributed by atoms with Crippen LogP contribution in [0.25, 0.3) is 6.08 Å². The number of hydrogen-bond donors (Lipinski definition) is 1. The minimum Gasteiger partial charge on any atom is -0.383 e. The van der Waals surface area contributed by atoms with Crippen molar-refractivity contribution in [1.29, 1.82) is 0 Å². The van der Waals surface area contributed by atoms with Gasteiger partial charge in [-0.2, -0.15) is 0 Å². The van der Waals surface area contributed by atoms with E-state index >= 15 is 0 Å². The zero-order chi connectivity index (χ0) is 8.43. The molecule has 0 aromatic carbocycles. The lowest BCUT2D eigenvalue weighted by atomic mass is 10.3. The maximum atomic E-state index is 5.73. The first-order valence-corrected chi connectivity index (χ1v) is 3.45. The van der Waals surface area contributed by atoms with Gasteiger partial charge in [0.05, 0.1) is 5.56 Å². The van der Waals surface area contributed by atoms with Crippen molar-refractivity contribution in [2.24, 2.45) is 0 Å². The minimum atomic E-state index is 0.352. The smallest absolute Gasteiger partial charge is 0.142 e. The van der Waals surface area contributed by atoms with Crippen molar-refractivity contribution < 1.29 is 0 Å². The molecule has 0 radical (unpaired) electrons. The number of halogens is 1. The van der Waals surface area contributed by atoms with E-state index in [-0.39, 0.29) is 0 Å². The van der Waals surface area contributed by atoms with E-state index in [1.165, 1.54) is 6.08 Å². The predicted molar refractivity (Wildman–Crippen MR) is 46.3 cm³/mol. The lowest BCUT2D eigenvalue weighted by Crippen LogP contribution is -1.99. The van der Waals surface area contributed by atoms with Crippen molar-refractivity contribution in [3.63, 3.8) is 0 Å². The van der Waals surface area contributed by atoms with Crippen molar-refractivity contribution in [2.45, 2.75) is 6.92 Å². The monoisotopic (exact) mass is 169 g/mol. The molecule has 0 saturated heterocycles. The predicted octanol–water partition coefficient (Wildman–Crippen LogP) is 1.66. The Morgan fingerprint density at radius 2 is 2.18 bits per heavy atom. The van der Waals surface area contributed by atoms with Crippen LogP contribution >= 0.6 is 11.6 Å². The van der Waals surface area contributed by atoms with Gasteiger partial charge >= 0.3 is 0 Å². The third-order valence-electron chi connectivity index (χ3n) is 1.24. The maximum Gasteiger partial charge on any atom is 0.142 e. The van der Waals surface area contributed by atoms with Crippen LogP contribution in [0.4, 0.5) is 5.82 Å². The first-order valence-electron chi connectivity index (χ1n) is 3.07. The number of aryl methyl sites for hydroxylation is 1. The molecule has 11 heavy (non-hydrogen) atoms. The highest BCUT2D eigenvalue weighted by molar-refractivity contribution is 6.31. The lowest BCUT2D eigenvalue weighted by Gasteiger charge is -2.01. The van der Waals surface area contributed by atoms with Gasteiger partial charge in [-0.15, -0.1) is 0 Å². The fraction of sp³-hybridized carbons (Fsp3) is 0.143. The summed E-state index contributed by atoms with van der Waals surface area (Å²) in [7, 11) is 0. The molecule has 4 heteroatoms. The van der Waals surface area contributed by atoms with Gasteiger partial charge in [-0.3, -0.25) is 0 Å². The van der Waals surface area contributed by atoms with Crippen LogP contribution in [0.2, 0.25) is 5.15 Å². The highest BCUT2D eigenvalue weighted by atomic mass is 35.5. The van der Waals surface area contributed by atoms with E-state index in [0.717, 1.165) is 0 Å². The summed E-state index contributed by atoms with van der Waals surface area (Å²) in [6.07, 6.45) is 1.54. The molecule has 0 aliphatic rings. The second kappa shape index (κ2) is 2.88. The van der Waals surface area contributed by atoms with Gasteiger partial charge in [-0.05, 0) is 6.92 Å². The molecule has 0 spiro atoms. The molecule has 3 nitrogen and oxygen atoms in total. The second-order valence-corrected chi connectivity index (χ2v) is 2.42. The fourth-order valence-corrected chi connectivity index (χ4v) is 1.05. The van der Waals surface area contributed by atoms with Gasteiger partial charge in [-0.25, -0.2) is 9.97 Å². The van der Waals surface area contributed by atoms with Gasteiger partial charge in [0.25, 0.3) is 0 Å². The van der Waals surface area contributed by atoms with E-state index in [9.17, 15) is 0 Å². The number of rotatable bonds is 1. The Bertz CT molecular complexity index is 273. The number of anilines is 1. The first-order chi connectivity index (χ1) is 5.15. The molecule has 0 fully saturated rings. The van der Waals surface area contributed by atoms with Gasteiger partial charge in [0, 0.05) is 0 Å². The molecule has 1 aromatic rings. The van der Waals surface area contributed by atoms with Crippen LogP contribution in [0.1, 0.15) is 11.4 Å². The van der Waals surface area contributed by atoms with Gasteiger partial charge < -0.3 is 5.73 Å². The van der Waals surface area contributed by atoms with Gasteiger partial charge in [0.2, 0.25) is 0 Å². The maximum absolute atomic E-state index is 5.73. The van der Waals surface area contributed by atoms with Gasteiger partial charge in [0.15, 0.2) is 0 Å². The zero-order valence-corrected chi connectivity index (χ0v) is 6.89. The summed E-state index contributed by atoms with van der Waals surface area (Å²) < 4.78 is 0. The molecule has 58 valence electrons. The molecule has 0 saturated carbocycles. The molecule has 1 rings (SSSR count). The van der Waals surface area contributed by atoms with Crippen LogP contribution in [-0.4, -0.2) is 9.97 Å². The Labute approximate surface area is 69.9 Å². The molecule has 2 N–H and O–H groups in total. The fourth-order valence-electron chi connectivity index (χ4n) is 0.756. The number of nitrogens with two attached hydrogens (primary N) is 1. The van der Waals surface area contributed by atoms with Crippen molar-refractivity contribution in [2.75, 3.05) is 5.73 Å². The zero-order valence-electron chi connectivity index (χ0n) is 6.13. The summed E-state index contributed by atoms with van der Waals surface area (Å²) >= 11 is 5.73. The quantitative estimate of drug-likeness (QED) is 0.651. The van der Waals surface area contributed by atoms with Crippen LogP contribution in [-0.2, 0) is 0 Å². The molecular weight excluding hydrogens is 162 g/mol. The molecule has 0 unspecified atom stereocenters. The topological polar surface area (TPSA) is 51.8 Å². The molecule has 0 bridgehead atoms. The summed E-state index contributed by atoms with van der Waals surface area (Å²) in [4.78, 5) is 7.82. The van der Waals surface area contributed by atoms with Gasteiger partial charge in [0.1, 0.15) is 16.8 Å². The van der Waals surface area contributed by atoms with Crippen LogP contribution in [0.3, 0.4) is 0 Å². The van der Waals surface area contributed by atoms with E-state index < -0.39 is 0 Å². The third-order valence-corrected chi connectivity index (χ3v) is 1.53. The van der Waals surface area contributed by atoms with Crippen molar-refractivity contribution in [1.82, 2.24) is 9.97 Å².